The molecule has 0 bridgehead atoms. The van der Waals surface area contributed by atoms with Gasteiger partial charge in [-0.25, -0.2) is 0 Å². The second-order valence-corrected chi connectivity index (χ2v) is 7.68. The highest BCUT2D eigenvalue weighted by atomic mass is 16.3. The van der Waals surface area contributed by atoms with Crippen LogP contribution in [-0.4, -0.2) is 10.8 Å². The minimum Gasteiger partial charge on any atom is -0.392 e. The van der Waals surface area contributed by atoms with Crippen molar-refractivity contribution in [3.05, 3.63) is 35.9 Å². The summed E-state index contributed by atoms with van der Waals surface area (Å²) in [5, 5.41) is 16.4. The molecule has 1 fully saturated rings. The summed E-state index contributed by atoms with van der Waals surface area (Å²) < 4.78 is 0. The van der Waals surface area contributed by atoms with E-state index < -0.39 is 0 Å². The lowest BCUT2D eigenvalue weighted by molar-refractivity contribution is 0.107. The van der Waals surface area contributed by atoms with Crippen molar-refractivity contribution >= 4 is 5.71 Å². The first-order valence-electron chi connectivity index (χ1n) is 7.89. The molecule has 2 heteroatoms. The molecule has 0 aliphatic heterocycles. The maximum Gasteiger partial charge on any atom is 0.0681 e. The molecule has 2 nitrogen and oxygen atoms in total. The average molecular weight is 289 g/mol. The van der Waals surface area contributed by atoms with E-state index in [0.717, 1.165) is 17.2 Å². The normalized spacial score (nSPS) is 27.4. The lowest BCUT2D eigenvalue weighted by atomic mass is 9.59. The maximum atomic E-state index is 8.54. The molecule has 21 heavy (non-hydrogen) atoms. The van der Waals surface area contributed by atoms with Crippen LogP contribution in [-0.2, 0) is 6.61 Å². The van der Waals surface area contributed by atoms with Crippen LogP contribution in [0.25, 0.3) is 0 Å². The van der Waals surface area contributed by atoms with Crippen LogP contribution in [0.3, 0.4) is 0 Å². The molecular formula is C19H31NO. The summed E-state index contributed by atoms with van der Waals surface area (Å²) in [5.41, 5.74) is 2.43. The molecule has 1 aliphatic rings. The SMILES string of the molecule is CC(=N)C1(C)CC(C)CC(C)(C)C1.OCc1ccccc1. The highest BCUT2D eigenvalue weighted by Crippen LogP contribution is 2.48. The highest BCUT2D eigenvalue weighted by molar-refractivity contribution is 5.84. The molecule has 2 atom stereocenters. The third-order valence-corrected chi connectivity index (χ3v) is 4.50. The van der Waals surface area contributed by atoms with E-state index in [1.807, 2.05) is 37.3 Å². The van der Waals surface area contributed by atoms with Gasteiger partial charge in [-0.15, -0.1) is 0 Å². The first-order valence-corrected chi connectivity index (χ1v) is 7.89. The molecule has 1 saturated carbocycles. The summed E-state index contributed by atoms with van der Waals surface area (Å²) in [6.07, 6.45) is 3.70. The fourth-order valence-electron chi connectivity index (χ4n) is 3.85. The summed E-state index contributed by atoms with van der Waals surface area (Å²) in [6, 6.07) is 9.52. The summed E-state index contributed by atoms with van der Waals surface area (Å²) in [5.74, 6) is 0.772. The minimum atomic E-state index is 0.140. The van der Waals surface area contributed by atoms with Gasteiger partial charge in [-0.2, -0.15) is 0 Å². The number of aliphatic hydroxyl groups is 1. The molecule has 0 aromatic heterocycles. The van der Waals surface area contributed by atoms with Gasteiger partial charge in [0, 0.05) is 11.1 Å². The van der Waals surface area contributed by atoms with Gasteiger partial charge in [0.1, 0.15) is 0 Å². The van der Waals surface area contributed by atoms with Crippen LogP contribution in [0.4, 0.5) is 0 Å². The van der Waals surface area contributed by atoms with E-state index in [2.05, 4.69) is 27.7 Å². The van der Waals surface area contributed by atoms with E-state index in [0.29, 0.717) is 5.41 Å². The molecule has 2 rings (SSSR count). The second-order valence-electron chi connectivity index (χ2n) is 7.68. The fraction of sp³-hybridized carbons (Fsp3) is 0.632. The van der Waals surface area contributed by atoms with E-state index in [-0.39, 0.29) is 12.0 Å². The summed E-state index contributed by atoms with van der Waals surface area (Å²) >= 11 is 0. The van der Waals surface area contributed by atoms with Gasteiger partial charge in [-0.1, -0.05) is 58.0 Å². The van der Waals surface area contributed by atoms with Gasteiger partial charge < -0.3 is 10.5 Å². The largest absolute Gasteiger partial charge is 0.392 e. The van der Waals surface area contributed by atoms with Crippen molar-refractivity contribution in [2.45, 2.75) is 60.5 Å². The van der Waals surface area contributed by atoms with Gasteiger partial charge in [0.2, 0.25) is 0 Å². The maximum absolute atomic E-state index is 8.54. The van der Waals surface area contributed by atoms with E-state index in [1.54, 1.807) is 0 Å². The van der Waals surface area contributed by atoms with Gasteiger partial charge in [0.05, 0.1) is 6.61 Å². The average Bonchev–Trinajstić information content (AvgIpc) is 2.37. The van der Waals surface area contributed by atoms with Crippen LogP contribution in [0.15, 0.2) is 30.3 Å². The molecule has 2 unspecified atom stereocenters. The van der Waals surface area contributed by atoms with Crippen molar-refractivity contribution in [1.29, 1.82) is 5.41 Å². The van der Waals surface area contributed by atoms with Gasteiger partial charge >= 0.3 is 0 Å². The topological polar surface area (TPSA) is 44.1 Å². The van der Waals surface area contributed by atoms with Gasteiger partial charge in [0.15, 0.2) is 0 Å². The van der Waals surface area contributed by atoms with Crippen LogP contribution >= 0.6 is 0 Å². The van der Waals surface area contributed by atoms with Crippen LogP contribution in [0.2, 0.25) is 0 Å². The van der Waals surface area contributed by atoms with E-state index in [4.69, 9.17) is 10.5 Å². The van der Waals surface area contributed by atoms with E-state index in [9.17, 15) is 0 Å². The Morgan fingerprint density at radius 3 is 2.14 bits per heavy atom. The molecule has 0 amide bonds. The summed E-state index contributed by atoms with van der Waals surface area (Å²) in [6.45, 7) is 11.4. The Balaban J connectivity index is 0.000000235. The summed E-state index contributed by atoms with van der Waals surface area (Å²) in [4.78, 5) is 0. The Kier molecular flexibility index (Phi) is 6.15. The lowest BCUT2D eigenvalue weighted by Gasteiger charge is -2.45. The molecular weight excluding hydrogens is 258 g/mol. The molecule has 1 aromatic carbocycles. The molecule has 0 heterocycles. The van der Waals surface area contributed by atoms with Crippen molar-refractivity contribution in [3.8, 4) is 0 Å². The first-order chi connectivity index (χ1) is 9.68. The molecule has 0 saturated heterocycles. The van der Waals surface area contributed by atoms with Crippen LogP contribution in [0.5, 0.6) is 0 Å². The van der Waals surface area contributed by atoms with Gasteiger partial charge in [-0.05, 0) is 43.1 Å². The molecule has 1 aliphatic carbocycles. The van der Waals surface area contributed by atoms with Crippen molar-refractivity contribution in [1.82, 2.24) is 0 Å². The Hall–Kier alpha value is -1.15. The van der Waals surface area contributed by atoms with Crippen LogP contribution in [0, 0.1) is 22.2 Å². The van der Waals surface area contributed by atoms with Crippen molar-refractivity contribution in [2.24, 2.45) is 16.7 Å². The fourth-order valence-corrected chi connectivity index (χ4v) is 3.85. The van der Waals surface area contributed by atoms with Gasteiger partial charge in [-0.3, -0.25) is 0 Å². The highest BCUT2D eigenvalue weighted by Gasteiger charge is 2.40. The lowest BCUT2D eigenvalue weighted by Crippen LogP contribution is -2.38. The third-order valence-electron chi connectivity index (χ3n) is 4.50. The molecule has 1 aromatic rings. The van der Waals surface area contributed by atoms with Crippen LogP contribution in [0.1, 0.15) is 59.4 Å². The standard InChI is InChI=1S/C12H23N.C7H8O/c1-9-6-11(3,4)8-12(5,7-9)10(2)13;8-6-7-4-2-1-3-5-7/h9,13H,6-8H2,1-5H3;1-5,8H,6H2. The zero-order valence-electron chi connectivity index (χ0n) is 14.2. The number of nitrogens with one attached hydrogen (secondary N) is 1. The van der Waals surface area contributed by atoms with E-state index >= 15 is 0 Å². The Labute approximate surface area is 130 Å². The smallest absolute Gasteiger partial charge is 0.0681 e. The third kappa shape index (κ3) is 5.62. The van der Waals surface area contributed by atoms with Crippen LogP contribution < -0.4 is 0 Å². The predicted molar refractivity (Wildman–Crippen MR) is 90.7 cm³/mol. The number of aliphatic hydroxyl groups excluding tert-OH is 1. The zero-order chi connectivity index (χ0) is 16.1. The number of hydrogen-bond acceptors (Lipinski definition) is 2. The monoisotopic (exact) mass is 289 g/mol. The molecule has 0 radical (unpaired) electrons. The van der Waals surface area contributed by atoms with E-state index in [1.165, 1.54) is 19.3 Å². The number of hydrogen-bond donors (Lipinski definition) is 2. The quantitative estimate of drug-likeness (QED) is 0.734. The zero-order valence-corrected chi connectivity index (χ0v) is 14.2. The van der Waals surface area contributed by atoms with Crippen molar-refractivity contribution in [3.63, 3.8) is 0 Å². The Bertz CT molecular complexity index is 452. The number of benzene rings is 1. The second kappa shape index (κ2) is 7.22. The van der Waals surface area contributed by atoms with Crippen molar-refractivity contribution < 1.29 is 5.11 Å². The predicted octanol–water partition coefficient (Wildman–Crippen LogP) is 5.06. The Morgan fingerprint density at radius 1 is 1.19 bits per heavy atom. The number of rotatable bonds is 2. The first kappa shape index (κ1) is 17.9. The Morgan fingerprint density at radius 2 is 1.76 bits per heavy atom. The minimum absolute atomic E-state index is 0.140. The molecule has 2 N–H and O–H groups in total. The molecule has 118 valence electrons. The molecule has 0 spiro atoms. The van der Waals surface area contributed by atoms with Crippen molar-refractivity contribution in [2.75, 3.05) is 0 Å². The summed E-state index contributed by atoms with van der Waals surface area (Å²) in [7, 11) is 0. The van der Waals surface area contributed by atoms with Gasteiger partial charge in [0.25, 0.3) is 0 Å².